The van der Waals surface area contributed by atoms with Gasteiger partial charge in [-0.1, -0.05) is 499 Å². The first kappa shape index (κ1) is 131. The van der Waals surface area contributed by atoms with Gasteiger partial charge >= 0.3 is 0 Å². The second-order valence-electron chi connectivity index (χ2n) is 21.8. The van der Waals surface area contributed by atoms with E-state index in [9.17, 15) is 14.7 Å². The van der Waals surface area contributed by atoms with Gasteiger partial charge in [-0.05, 0) is 68.3 Å². The molecule has 0 bridgehead atoms. The third kappa shape index (κ3) is 64.6. The SMILES string of the molecule is BrCBr.C.C.CC.CC(=O)O.CC(I)(I)I.CC(I)I.CCI.NCOCOCN.OCNC(c1ccccc1)(c1ccccc1)c1ccccc1.[CH2-]C(=O)Cl.[CH2-]C(=O)Cl.[CH2-]C(=O)NCOCOCNC([CH2-])=O.[Y].[Y].c1ccc(C(NCOCOCNC(c2ccccc2)(c2ccccc2)c2ccccc2)(c2ccccc2)c2ccccc2)cc1. The molecule has 2 radical (unpaired) electrons. The Hall–Kier alpha value is -2.14. The van der Waals surface area contributed by atoms with Crippen LogP contribution in [0.5, 0.6) is 0 Å². The molecule has 0 aliphatic rings. The van der Waals surface area contributed by atoms with Crippen molar-refractivity contribution in [2.24, 2.45) is 11.5 Å². The molecule has 0 saturated carbocycles. The number of halogens is 10. The smallest absolute Gasteiger partial charge is 0.300 e. The molecule has 0 aromatic heterocycles. The largest absolute Gasteiger partial charge is 0.481 e. The van der Waals surface area contributed by atoms with E-state index in [2.05, 4.69) is 457 Å². The predicted octanol–water partition coefficient (Wildman–Crippen LogP) is 21.1. The second kappa shape index (κ2) is 86.2. The van der Waals surface area contributed by atoms with Crippen molar-refractivity contribution < 1.29 is 128 Å². The number of amides is 2. The molecule has 11 N–H and O–H groups in total. The summed E-state index contributed by atoms with van der Waals surface area (Å²) < 4.78 is 34.1. The number of carbonyl (C=O) groups excluding carboxylic acids is 4. The molecular weight excluding hydrogens is 2530 g/mol. The van der Waals surface area contributed by atoms with E-state index in [0.717, 1.165) is 63.2 Å². The van der Waals surface area contributed by atoms with Crippen LogP contribution in [0.2, 0.25) is 0 Å². The van der Waals surface area contributed by atoms with Crippen molar-refractivity contribution >= 4 is 219 Å². The number of hydrogen-bond acceptors (Lipinski definition) is 17. The summed E-state index contributed by atoms with van der Waals surface area (Å²) >= 11 is 29.2. The Morgan fingerprint density at radius 1 is 0.425 bits per heavy atom. The summed E-state index contributed by atoms with van der Waals surface area (Å²) in [6, 6.07) is 93.7. The van der Waals surface area contributed by atoms with Gasteiger partial charge in [0.05, 0.1) is 65.3 Å². The monoisotopic (exact) mass is 2640 g/mol. The number of hydrogen-bond donors (Lipinski definition) is 9. The van der Waals surface area contributed by atoms with Crippen LogP contribution in [0, 0.1) is 27.7 Å². The van der Waals surface area contributed by atoms with Crippen molar-refractivity contribution in [2.75, 3.05) is 76.2 Å². The van der Waals surface area contributed by atoms with E-state index in [1.165, 1.54) is 4.43 Å². The Kier molecular flexibility index (Phi) is 94.1. The van der Waals surface area contributed by atoms with Crippen molar-refractivity contribution in [2.45, 2.75) is 74.4 Å². The number of aliphatic hydroxyl groups is 1. The molecule has 660 valence electrons. The van der Waals surface area contributed by atoms with Gasteiger partial charge in [0.1, 0.15) is 39.9 Å². The van der Waals surface area contributed by atoms with E-state index >= 15 is 0 Å². The minimum absolute atomic E-state index is 0. The third-order valence-corrected chi connectivity index (χ3v) is 13.6. The van der Waals surface area contributed by atoms with Crippen LogP contribution in [0.4, 0.5) is 0 Å². The quantitative estimate of drug-likeness (QED) is 0.00400. The average molecular weight is 2650 g/mol. The van der Waals surface area contributed by atoms with Crippen LogP contribution in [0.25, 0.3) is 0 Å². The summed E-state index contributed by atoms with van der Waals surface area (Å²) in [5.41, 5.74) is 18.2. The Morgan fingerprint density at radius 2 is 0.558 bits per heavy atom. The van der Waals surface area contributed by atoms with Gasteiger partial charge in [0.2, 0.25) is 0 Å². The van der Waals surface area contributed by atoms with E-state index in [1.54, 1.807) is 0 Å². The van der Waals surface area contributed by atoms with Gasteiger partial charge in [0, 0.05) is 72.3 Å². The number of nitrogens with one attached hydrogen (secondary N) is 5. The molecule has 0 fully saturated rings. The molecule has 0 heterocycles. The molecule has 9 rings (SSSR count). The van der Waals surface area contributed by atoms with E-state index < -0.39 is 44.9 Å². The number of aliphatic carboxylic acids is 1. The summed E-state index contributed by atoms with van der Waals surface area (Å²) in [7, 11) is 0. The normalized spacial score (nSPS) is 9.80. The molecule has 0 saturated heterocycles. The predicted molar refractivity (Wildman–Crippen MR) is 546 cm³/mol. The maximum Gasteiger partial charge on any atom is 0.300 e. The number of carbonyl (C=O) groups is 5. The van der Waals surface area contributed by atoms with Crippen LogP contribution in [-0.4, -0.2) is 116 Å². The molecule has 9 aromatic carbocycles. The van der Waals surface area contributed by atoms with Crippen LogP contribution in [0.3, 0.4) is 0 Å². The van der Waals surface area contributed by atoms with Gasteiger partial charge < -0.3 is 108 Å². The molecule has 0 aliphatic carbocycles. The summed E-state index contributed by atoms with van der Waals surface area (Å²) in [4.78, 5) is 47.6. The van der Waals surface area contributed by atoms with Crippen molar-refractivity contribution in [3.8, 4) is 0 Å². The van der Waals surface area contributed by atoms with E-state index in [1.807, 2.05) is 105 Å². The Morgan fingerprint density at radius 3 is 0.692 bits per heavy atom. The van der Waals surface area contributed by atoms with Gasteiger partial charge in [-0.25, -0.2) is 0 Å². The molecule has 0 aliphatic heterocycles. The Balaban J connectivity index is -0.000000284. The first-order valence-electron chi connectivity index (χ1n) is 35.2. The molecule has 0 spiro atoms. The second-order valence-corrected chi connectivity index (χ2v) is 45.6. The minimum atomic E-state index is -0.833. The summed E-state index contributed by atoms with van der Waals surface area (Å²) in [6.07, 6.45) is 0. The van der Waals surface area contributed by atoms with Crippen LogP contribution >= 0.6 is 191 Å². The standard InChI is InChI=1S/C41H38N2O2.C20H19NO.C7H12N2O4.C3H10N2O2.2C2H2ClO.C2H3I3.C2H4I2.C2H5I.C2H4O2.C2H6.CH2Br2.2CH4.2Y/c1-7-19-34(20-8-1)40(35-21-9-2-10-22-35,36-23-11-3-12-24-36)42-31-44-33-45-32-43-41(37-25-13-4-14-26-37,38-27-15-5-16-28-38)39-29-17-6-18-30-39;22-16-21-20(17-10-4-1-5-11-17,18-12-6-2-7-13-18)19-14-8-3-9-15-19;1-6(10)8-3-12-5-13-4-9-7(2)11;4-1-6-3-7-2-5;2*1-2(3)4;1-2(3,4)5;1-2(3)4;1-2-3;1-2(3)4;1-2;2-1-3;;;;/h1-30,42-43H,31-33H2;1-15,21-22H,16H2;1-5H2,(H,8,10)(H,9,11);1-5H2;2*1H2;1H3;2H,1H3;2H2,1H3;1H3,(H,3,4);1-2H3;1H2;2*1H4;;/q;;-2;;2*-1;;;;;;;;;;. The number of carboxylic acids is 1. The fourth-order valence-corrected chi connectivity index (χ4v) is 9.75. The molecular formula is C88H115Br2Cl2I6N7O13Y2-4. The summed E-state index contributed by atoms with van der Waals surface area (Å²) in [6.45, 7) is 24.3. The van der Waals surface area contributed by atoms with Crippen LogP contribution in [-0.2, 0) is 134 Å². The minimum Gasteiger partial charge on any atom is -0.481 e. The number of benzene rings is 9. The molecule has 120 heavy (non-hydrogen) atoms. The van der Waals surface area contributed by atoms with E-state index in [-0.39, 0.29) is 148 Å². The Bertz CT molecular complexity index is 3340. The first-order valence-corrected chi connectivity index (χ1v) is 45.4. The molecule has 9 aromatic rings. The average Bonchev–Trinajstić information content (AvgIpc) is 0.772. The maximum atomic E-state index is 10.2. The van der Waals surface area contributed by atoms with Crippen molar-refractivity contribution in [3.63, 3.8) is 0 Å². The number of nitrogens with two attached hydrogens (primary N) is 2. The molecule has 20 nitrogen and oxygen atoms in total. The summed E-state index contributed by atoms with van der Waals surface area (Å²) in [5.74, 6) is -1.68. The summed E-state index contributed by atoms with van der Waals surface area (Å²) in [5, 5.41) is 31.2. The fraction of sp³-hybridized carbons (Fsp3) is 0.284. The van der Waals surface area contributed by atoms with Gasteiger partial charge in [-0.2, -0.15) is 0 Å². The molecule has 0 unspecified atom stereocenters. The van der Waals surface area contributed by atoms with Gasteiger partial charge in [0.25, 0.3) is 5.97 Å². The van der Waals surface area contributed by atoms with Crippen molar-refractivity contribution in [1.29, 1.82) is 0 Å². The zero-order chi connectivity index (χ0) is 87.7. The van der Waals surface area contributed by atoms with E-state index in [4.69, 9.17) is 49.9 Å². The maximum absolute atomic E-state index is 10.2. The first-order chi connectivity index (χ1) is 55.5. The zero-order valence-corrected chi connectivity index (χ0v) is 90.2. The van der Waals surface area contributed by atoms with Crippen molar-refractivity contribution in [3.05, 3.63) is 351 Å². The van der Waals surface area contributed by atoms with Crippen molar-refractivity contribution in [1.82, 2.24) is 26.6 Å². The van der Waals surface area contributed by atoms with E-state index in [0.29, 0.717) is -0.565 Å². The van der Waals surface area contributed by atoms with Crippen LogP contribution in [0.1, 0.15) is 106 Å². The molecule has 32 heteroatoms. The zero-order valence-electron chi connectivity index (χ0n) is 66.8. The number of alkyl halides is 8. The molecule has 0 atom stereocenters. The van der Waals surface area contributed by atoms with Gasteiger partial charge in [0.15, 0.2) is 6.79 Å². The topological polar surface area (TPSA) is 293 Å². The Labute approximate surface area is 874 Å². The third-order valence-electron chi connectivity index (χ3n) is 13.6. The molecule has 2 amide bonds. The van der Waals surface area contributed by atoms with Gasteiger partial charge in [-0.15, -0.1) is 0 Å². The number of aliphatic hydroxyl groups excluding tert-OH is 1. The van der Waals surface area contributed by atoms with Crippen LogP contribution < -0.4 is 38.1 Å². The fourth-order valence-electron chi connectivity index (χ4n) is 9.75. The number of rotatable bonds is 29. The number of carboxylic acid groups (broad SMARTS) is 1. The number of ether oxygens (including phenoxy) is 6. The van der Waals surface area contributed by atoms with Gasteiger partial charge in [-0.3, -0.25) is 20.7 Å². The van der Waals surface area contributed by atoms with Crippen LogP contribution in [0.15, 0.2) is 273 Å².